The Morgan fingerprint density at radius 3 is 2.62 bits per heavy atom. The van der Waals surface area contributed by atoms with Crippen molar-refractivity contribution in [1.82, 2.24) is 20.6 Å². The Bertz CT molecular complexity index is 810. The molecule has 0 aliphatic rings. The number of nitrogens with one attached hydrogen (secondary N) is 2. The molecule has 3 rings (SSSR count). The van der Waals surface area contributed by atoms with Gasteiger partial charge < -0.3 is 9.63 Å². The van der Waals surface area contributed by atoms with E-state index in [9.17, 15) is 9.59 Å². The molecule has 3 aromatic heterocycles. The van der Waals surface area contributed by atoms with Crippen LogP contribution < -0.4 is 11.0 Å². The van der Waals surface area contributed by atoms with E-state index in [1.165, 1.54) is 23.9 Å². The molecule has 0 saturated heterocycles. The predicted molar refractivity (Wildman–Crippen MR) is 69.8 cm³/mol. The summed E-state index contributed by atoms with van der Waals surface area (Å²) in [5.74, 6) is -1.02. The summed E-state index contributed by atoms with van der Waals surface area (Å²) in [6.45, 7) is 0. The molecule has 1 amide bonds. The molecule has 0 radical (unpaired) electrons. The highest BCUT2D eigenvalue weighted by Gasteiger charge is 2.08. The molecule has 0 aliphatic carbocycles. The molecular formula is C12H10N4O5. The minimum atomic E-state index is -0.759. The first-order chi connectivity index (χ1) is 10.1. The van der Waals surface area contributed by atoms with Crippen molar-refractivity contribution in [2.24, 2.45) is 0 Å². The van der Waals surface area contributed by atoms with Crippen molar-refractivity contribution in [3.05, 3.63) is 52.8 Å². The van der Waals surface area contributed by atoms with Gasteiger partial charge in [0.2, 0.25) is 0 Å². The van der Waals surface area contributed by atoms with Crippen molar-refractivity contribution < 1.29 is 19.6 Å². The van der Waals surface area contributed by atoms with E-state index in [4.69, 9.17) is 14.8 Å². The lowest BCUT2D eigenvalue weighted by Crippen LogP contribution is -2.18. The molecule has 3 heterocycles. The van der Waals surface area contributed by atoms with E-state index in [1.807, 2.05) is 0 Å². The van der Waals surface area contributed by atoms with Gasteiger partial charge in [-0.15, -0.1) is 0 Å². The van der Waals surface area contributed by atoms with E-state index >= 15 is 0 Å². The number of hydroxylamine groups is 1. The van der Waals surface area contributed by atoms with Gasteiger partial charge in [-0.05, 0) is 12.1 Å². The summed E-state index contributed by atoms with van der Waals surface area (Å²) in [6, 6.07) is 2.90. The lowest BCUT2D eigenvalue weighted by molar-refractivity contribution is 0.0703. The van der Waals surface area contributed by atoms with Gasteiger partial charge in [0, 0.05) is 12.4 Å². The molecule has 0 bridgehead atoms. The number of hydrogen-bond donors (Lipinski definition) is 4. The fraction of sp³-hybridized carbons (Fsp3) is 0. The second-order valence-electron chi connectivity index (χ2n) is 3.74. The summed E-state index contributed by atoms with van der Waals surface area (Å²) in [4.78, 5) is 28.8. The Labute approximate surface area is 116 Å². The number of H-pyrrole nitrogens is 1. The van der Waals surface area contributed by atoms with Crippen molar-refractivity contribution in [2.75, 3.05) is 0 Å². The SMILES string of the molecule is O=C(NO)c1ccncc1O.O=c1[nH]oc2cnccc12. The quantitative estimate of drug-likeness (QED) is 0.376. The number of nitrogens with zero attached hydrogens (tertiary/aromatic N) is 2. The van der Waals surface area contributed by atoms with Crippen LogP contribution in [0.2, 0.25) is 0 Å². The first kappa shape index (κ1) is 14.2. The number of carbonyl (C=O) groups is 1. The molecule has 0 aromatic carbocycles. The van der Waals surface area contributed by atoms with E-state index in [1.54, 1.807) is 12.3 Å². The average Bonchev–Trinajstić information content (AvgIpc) is 2.90. The Balaban J connectivity index is 0.000000154. The second-order valence-corrected chi connectivity index (χ2v) is 3.74. The molecule has 9 nitrogen and oxygen atoms in total. The number of aromatic amines is 1. The first-order valence-corrected chi connectivity index (χ1v) is 5.62. The topological polar surface area (TPSA) is 141 Å². The standard InChI is InChI=1S/C6H6N2O3.C6H4N2O2/c9-5-3-7-2-1-4(5)6(10)8-11;9-6-4-1-2-7-3-5(4)10-8-6/h1-3,9,11H,(H,8,10);1-3H,(H,8,9). The van der Waals surface area contributed by atoms with Crippen LogP contribution in [-0.4, -0.2) is 31.3 Å². The van der Waals surface area contributed by atoms with Crippen LogP contribution in [0.15, 0.2) is 46.2 Å². The van der Waals surface area contributed by atoms with E-state index in [0.29, 0.717) is 11.0 Å². The molecule has 9 heteroatoms. The van der Waals surface area contributed by atoms with Crippen LogP contribution in [-0.2, 0) is 0 Å². The van der Waals surface area contributed by atoms with Gasteiger partial charge in [0.05, 0.1) is 23.3 Å². The molecule has 0 saturated carbocycles. The minimum Gasteiger partial charge on any atom is -0.505 e. The van der Waals surface area contributed by atoms with Gasteiger partial charge in [-0.25, -0.2) is 5.48 Å². The molecule has 108 valence electrons. The van der Waals surface area contributed by atoms with E-state index in [2.05, 4.69) is 15.1 Å². The Morgan fingerprint density at radius 1 is 1.24 bits per heavy atom. The lowest BCUT2D eigenvalue weighted by Gasteiger charge is -1.98. The molecule has 3 aromatic rings. The molecular weight excluding hydrogens is 280 g/mol. The monoisotopic (exact) mass is 290 g/mol. The smallest absolute Gasteiger partial charge is 0.287 e. The summed E-state index contributed by atoms with van der Waals surface area (Å²) < 4.78 is 4.75. The van der Waals surface area contributed by atoms with Crippen LogP contribution in [0.4, 0.5) is 0 Å². The molecule has 0 spiro atoms. The Kier molecular flexibility index (Phi) is 4.26. The summed E-state index contributed by atoms with van der Waals surface area (Å²) in [6.07, 6.45) is 5.50. The maximum absolute atomic E-state index is 10.8. The number of rotatable bonds is 1. The zero-order valence-corrected chi connectivity index (χ0v) is 10.5. The maximum atomic E-state index is 10.8. The number of fused-ring (bicyclic) bond motifs is 1. The fourth-order valence-corrected chi connectivity index (χ4v) is 1.44. The number of pyridine rings is 2. The van der Waals surface area contributed by atoms with Gasteiger partial charge in [-0.2, -0.15) is 5.16 Å². The Morgan fingerprint density at radius 2 is 1.95 bits per heavy atom. The van der Waals surface area contributed by atoms with E-state index in [0.717, 1.165) is 6.20 Å². The third-order valence-corrected chi connectivity index (χ3v) is 2.43. The van der Waals surface area contributed by atoms with E-state index < -0.39 is 5.91 Å². The molecule has 0 unspecified atom stereocenters. The predicted octanol–water partition coefficient (Wildman–Crippen LogP) is 0.422. The summed E-state index contributed by atoms with van der Waals surface area (Å²) in [7, 11) is 0. The van der Waals surface area contributed by atoms with Gasteiger partial charge in [0.25, 0.3) is 11.5 Å². The number of aromatic nitrogens is 3. The molecule has 0 fully saturated rings. The van der Waals surface area contributed by atoms with Gasteiger partial charge in [-0.3, -0.25) is 24.8 Å². The largest absolute Gasteiger partial charge is 0.505 e. The average molecular weight is 290 g/mol. The van der Waals surface area contributed by atoms with Crippen LogP contribution >= 0.6 is 0 Å². The number of aromatic hydroxyl groups is 1. The Hall–Kier alpha value is -3.20. The normalized spacial score (nSPS) is 9.76. The minimum absolute atomic E-state index is 0.0116. The van der Waals surface area contributed by atoms with E-state index in [-0.39, 0.29) is 16.9 Å². The van der Waals surface area contributed by atoms with Crippen LogP contribution in [0.25, 0.3) is 11.0 Å². The first-order valence-electron chi connectivity index (χ1n) is 5.62. The highest BCUT2D eigenvalue weighted by molar-refractivity contribution is 5.95. The number of hydrogen-bond acceptors (Lipinski definition) is 7. The third kappa shape index (κ3) is 3.22. The van der Waals surface area contributed by atoms with Gasteiger partial charge in [-0.1, -0.05) is 0 Å². The summed E-state index contributed by atoms with van der Waals surface area (Å²) in [5, 5.41) is 19.9. The van der Waals surface area contributed by atoms with Crippen molar-refractivity contribution in [2.45, 2.75) is 0 Å². The zero-order chi connectivity index (χ0) is 15.2. The second kappa shape index (κ2) is 6.30. The van der Waals surface area contributed by atoms with Crippen LogP contribution in [0.3, 0.4) is 0 Å². The third-order valence-electron chi connectivity index (χ3n) is 2.43. The molecule has 21 heavy (non-hydrogen) atoms. The van der Waals surface area contributed by atoms with Crippen LogP contribution in [0.5, 0.6) is 5.75 Å². The van der Waals surface area contributed by atoms with Crippen molar-refractivity contribution in [3.8, 4) is 5.75 Å². The maximum Gasteiger partial charge on any atom is 0.287 e. The molecule has 0 atom stereocenters. The molecule has 0 aliphatic heterocycles. The number of amides is 1. The van der Waals surface area contributed by atoms with Crippen molar-refractivity contribution >= 4 is 16.9 Å². The highest BCUT2D eigenvalue weighted by Crippen LogP contribution is 2.12. The van der Waals surface area contributed by atoms with Crippen molar-refractivity contribution in [1.29, 1.82) is 0 Å². The van der Waals surface area contributed by atoms with Crippen LogP contribution in [0.1, 0.15) is 10.4 Å². The lowest BCUT2D eigenvalue weighted by atomic mass is 10.2. The van der Waals surface area contributed by atoms with Gasteiger partial charge in [0.1, 0.15) is 5.75 Å². The summed E-state index contributed by atoms with van der Waals surface area (Å²) in [5.41, 5.74) is 1.67. The van der Waals surface area contributed by atoms with Gasteiger partial charge in [0.15, 0.2) is 5.58 Å². The molecule has 4 N–H and O–H groups in total. The van der Waals surface area contributed by atoms with Crippen LogP contribution in [0, 0.1) is 0 Å². The fourth-order valence-electron chi connectivity index (χ4n) is 1.44. The number of carbonyl (C=O) groups excluding carboxylic acids is 1. The summed E-state index contributed by atoms with van der Waals surface area (Å²) >= 11 is 0. The highest BCUT2D eigenvalue weighted by atomic mass is 16.5. The van der Waals surface area contributed by atoms with Crippen molar-refractivity contribution in [3.63, 3.8) is 0 Å². The van der Waals surface area contributed by atoms with Gasteiger partial charge >= 0.3 is 0 Å². The zero-order valence-electron chi connectivity index (χ0n) is 10.5.